The number of aliphatic hydroxyl groups is 1. The molecule has 4 rings (SSSR count). The third-order valence-corrected chi connectivity index (χ3v) is 7.11. The molecule has 0 radical (unpaired) electrons. The van der Waals surface area contributed by atoms with Gasteiger partial charge < -0.3 is 35.6 Å². The van der Waals surface area contributed by atoms with Crippen LogP contribution in [0, 0.1) is 11.3 Å². The molecule has 1 aromatic carbocycles. The third kappa shape index (κ3) is 7.95. The number of benzene rings is 1. The topological polar surface area (TPSA) is 220 Å². The highest BCUT2D eigenvalue weighted by Crippen LogP contribution is 2.41. The zero-order chi connectivity index (χ0) is 33.6. The first kappa shape index (κ1) is 33.8. The lowest BCUT2D eigenvalue weighted by Crippen LogP contribution is -2.21. The van der Waals surface area contributed by atoms with Crippen LogP contribution in [0.4, 0.5) is 36.3 Å². The van der Waals surface area contributed by atoms with Gasteiger partial charge in [0.25, 0.3) is 5.91 Å². The normalized spacial score (nSPS) is 11.5. The Morgan fingerprint density at radius 1 is 1.13 bits per heavy atom. The number of anilines is 4. The van der Waals surface area contributed by atoms with Crippen molar-refractivity contribution >= 4 is 36.6 Å². The van der Waals surface area contributed by atoms with Gasteiger partial charge in [0.05, 0.1) is 42.1 Å². The molecule has 3 heterocycles. The van der Waals surface area contributed by atoms with E-state index in [2.05, 4.69) is 36.0 Å². The Bertz CT molecular complexity index is 1840. The van der Waals surface area contributed by atoms with E-state index in [0.717, 1.165) is 0 Å². The van der Waals surface area contributed by atoms with Crippen LogP contribution in [0.1, 0.15) is 33.7 Å². The molecule has 0 bridgehead atoms. The van der Waals surface area contributed by atoms with Gasteiger partial charge in [0.1, 0.15) is 28.9 Å². The highest BCUT2D eigenvalue weighted by Gasteiger charge is 2.36. The van der Waals surface area contributed by atoms with Gasteiger partial charge in [-0.15, -0.1) is 0 Å². The van der Waals surface area contributed by atoms with Crippen LogP contribution in [-0.4, -0.2) is 66.3 Å². The largest absolute Gasteiger partial charge is 0.495 e. The lowest BCUT2D eigenvalue weighted by Gasteiger charge is -2.17. The van der Waals surface area contributed by atoms with Crippen molar-refractivity contribution in [3.8, 4) is 23.1 Å². The van der Waals surface area contributed by atoms with E-state index in [9.17, 15) is 37.6 Å². The number of aromatic nitrogens is 5. The molecule has 0 aliphatic carbocycles. The lowest BCUT2D eigenvalue weighted by atomic mass is 10.1. The molecular formula is C27H27F3N9O6P. The average molecular weight is 662 g/mol. The maximum Gasteiger partial charge on any atom is 0.421 e. The standard InChI is InChI=1S/C27H27F3N9O6P/c1-32-25(41)23-20(7-6-18(35-23)16-12-34-39(8-3-9-40)21(16)11-31)36-24-17(27(28,29)30)13-33-26(38-24)37-19-5-4-15(10-22(19)45-2)14-46(42,43)44/h4-7,10,12-13,40H,3,8-9,14H2,1-2H3,(H,32,41)(H2,42,43,44)(H2,33,36,37,38). The minimum Gasteiger partial charge on any atom is -0.495 e. The summed E-state index contributed by atoms with van der Waals surface area (Å²) in [5.41, 5.74) is -0.754. The fourth-order valence-corrected chi connectivity index (χ4v) is 4.92. The van der Waals surface area contributed by atoms with Crippen LogP contribution in [0.5, 0.6) is 5.75 Å². The number of nitrogens with zero attached hydrogens (tertiary/aromatic N) is 6. The van der Waals surface area contributed by atoms with Crippen LogP contribution >= 0.6 is 7.60 Å². The number of hydrogen-bond acceptors (Lipinski definition) is 11. The number of nitrogens with one attached hydrogen (secondary N) is 3. The van der Waals surface area contributed by atoms with E-state index in [1.807, 2.05) is 6.07 Å². The number of aliphatic hydroxyl groups excluding tert-OH is 1. The Balaban J connectivity index is 1.73. The van der Waals surface area contributed by atoms with Crippen molar-refractivity contribution in [2.45, 2.75) is 25.3 Å². The van der Waals surface area contributed by atoms with E-state index < -0.39 is 37.2 Å². The summed E-state index contributed by atoms with van der Waals surface area (Å²) < 4.78 is 60.1. The second kappa shape index (κ2) is 13.9. The highest BCUT2D eigenvalue weighted by atomic mass is 31.2. The molecule has 1 amide bonds. The molecule has 0 fully saturated rings. The first-order valence-corrected chi connectivity index (χ1v) is 15.1. The number of carbonyl (C=O) groups excluding carboxylic acids is 1. The lowest BCUT2D eigenvalue weighted by molar-refractivity contribution is -0.137. The van der Waals surface area contributed by atoms with Crippen LogP contribution in [-0.2, 0) is 23.4 Å². The van der Waals surface area contributed by atoms with Gasteiger partial charge in [-0.3, -0.25) is 14.0 Å². The van der Waals surface area contributed by atoms with E-state index in [-0.39, 0.29) is 64.4 Å². The number of methoxy groups -OCH3 is 1. The Labute approximate surface area is 259 Å². The predicted octanol–water partition coefficient (Wildman–Crippen LogP) is 3.54. The number of amides is 1. The molecule has 19 heteroatoms. The van der Waals surface area contributed by atoms with Crippen LogP contribution in [0.15, 0.2) is 42.7 Å². The van der Waals surface area contributed by atoms with Gasteiger partial charge in [-0.1, -0.05) is 6.07 Å². The number of rotatable bonds is 12. The van der Waals surface area contributed by atoms with E-state index >= 15 is 0 Å². The summed E-state index contributed by atoms with van der Waals surface area (Å²) in [6, 6.07) is 8.84. The van der Waals surface area contributed by atoms with E-state index in [4.69, 9.17) is 9.84 Å². The molecule has 0 unspecified atom stereocenters. The van der Waals surface area contributed by atoms with Gasteiger partial charge in [0.2, 0.25) is 5.95 Å². The summed E-state index contributed by atoms with van der Waals surface area (Å²) in [5, 5.41) is 30.6. The van der Waals surface area contributed by atoms with Crippen molar-refractivity contribution in [3.05, 3.63) is 65.2 Å². The fraction of sp³-hybridized carbons (Fsp3) is 0.259. The third-order valence-electron chi connectivity index (χ3n) is 6.33. The van der Waals surface area contributed by atoms with Crippen molar-refractivity contribution in [1.82, 2.24) is 30.0 Å². The van der Waals surface area contributed by atoms with Crippen LogP contribution in [0.25, 0.3) is 11.3 Å². The molecule has 4 aromatic rings. The maximum atomic E-state index is 14.0. The van der Waals surface area contributed by atoms with Gasteiger partial charge in [0.15, 0.2) is 5.69 Å². The maximum absolute atomic E-state index is 14.0. The molecule has 0 atom stereocenters. The molecule has 0 aliphatic heterocycles. The van der Waals surface area contributed by atoms with Gasteiger partial charge in [0, 0.05) is 26.4 Å². The summed E-state index contributed by atoms with van der Waals surface area (Å²) in [6.07, 6.45) is -3.24. The summed E-state index contributed by atoms with van der Waals surface area (Å²) in [6.45, 7) is 0.119. The first-order valence-electron chi connectivity index (χ1n) is 13.3. The SMILES string of the molecule is CNC(=O)c1nc(-c2cnn(CCCO)c2C#N)ccc1Nc1nc(Nc2ccc(CP(=O)(O)O)cc2OC)ncc1C(F)(F)F. The number of carbonyl (C=O) groups is 1. The van der Waals surface area contributed by atoms with Gasteiger partial charge in [-0.25, -0.2) is 9.97 Å². The summed E-state index contributed by atoms with van der Waals surface area (Å²) in [5.74, 6) is -1.67. The zero-order valence-corrected chi connectivity index (χ0v) is 25.1. The first-order chi connectivity index (χ1) is 21.8. The zero-order valence-electron chi connectivity index (χ0n) is 24.2. The number of aryl methyl sites for hydroxylation is 1. The second-order valence-corrected chi connectivity index (χ2v) is 11.2. The second-order valence-electron chi connectivity index (χ2n) is 9.55. The molecule has 0 saturated heterocycles. The minimum absolute atomic E-state index is 0.112. The van der Waals surface area contributed by atoms with Crippen molar-refractivity contribution in [1.29, 1.82) is 5.26 Å². The molecule has 6 N–H and O–H groups in total. The fourth-order valence-electron chi connectivity index (χ4n) is 4.25. The smallest absolute Gasteiger partial charge is 0.421 e. The minimum atomic E-state index is -4.91. The van der Waals surface area contributed by atoms with Gasteiger partial charge >= 0.3 is 13.8 Å². The number of halogens is 3. The number of ether oxygens (including phenoxy) is 1. The van der Waals surface area contributed by atoms with Crippen LogP contribution < -0.4 is 20.7 Å². The monoisotopic (exact) mass is 661 g/mol. The summed E-state index contributed by atoms with van der Waals surface area (Å²) >= 11 is 0. The van der Waals surface area contributed by atoms with Crippen molar-refractivity contribution in [2.24, 2.45) is 0 Å². The van der Waals surface area contributed by atoms with E-state index in [1.165, 1.54) is 55.4 Å². The molecule has 242 valence electrons. The number of pyridine rings is 1. The van der Waals surface area contributed by atoms with E-state index in [1.54, 1.807) is 0 Å². The molecule has 0 aliphatic rings. The molecule has 15 nitrogen and oxygen atoms in total. The Hall–Kier alpha value is -5.08. The van der Waals surface area contributed by atoms with Crippen molar-refractivity contribution < 1.29 is 42.2 Å². The molecule has 0 saturated carbocycles. The number of alkyl halides is 3. The van der Waals surface area contributed by atoms with Gasteiger partial charge in [-0.2, -0.15) is 28.5 Å². The quantitative estimate of drug-likeness (QED) is 0.120. The van der Waals surface area contributed by atoms with E-state index in [0.29, 0.717) is 12.6 Å². The molecule has 3 aromatic heterocycles. The van der Waals surface area contributed by atoms with Crippen molar-refractivity contribution in [2.75, 3.05) is 31.4 Å². The number of hydrogen-bond donors (Lipinski definition) is 6. The predicted molar refractivity (Wildman–Crippen MR) is 158 cm³/mol. The van der Waals surface area contributed by atoms with Crippen LogP contribution in [0.2, 0.25) is 0 Å². The average Bonchev–Trinajstić information content (AvgIpc) is 3.42. The molecule has 46 heavy (non-hydrogen) atoms. The summed E-state index contributed by atoms with van der Waals surface area (Å²) in [7, 11) is -1.78. The highest BCUT2D eigenvalue weighted by molar-refractivity contribution is 7.50. The molecular weight excluding hydrogens is 634 g/mol. The number of nitriles is 1. The summed E-state index contributed by atoms with van der Waals surface area (Å²) in [4.78, 5) is 43.4. The molecule has 0 spiro atoms. The van der Waals surface area contributed by atoms with Crippen molar-refractivity contribution in [3.63, 3.8) is 0 Å². The van der Waals surface area contributed by atoms with Crippen LogP contribution in [0.3, 0.4) is 0 Å². The Morgan fingerprint density at radius 2 is 1.87 bits per heavy atom. The Kier molecular flexibility index (Phi) is 10.2. The van der Waals surface area contributed by atoms with Gasteiger partial charge in [-0.05, 0) is 36.2 Å². The Morgan fingerprint density at radius 3 is 2.50 bits per heavy atom.